The Morgan fingerprint density at radius 1 is 1.15 bits per heavy atom. The van der Waals surface area contributed by atoms with Gasteiger partial charge in [-0.2, -0.15) is 0 Å². The number of carbonyl (C=O) groups excluding carboxylic acids is 3. The molecule has 2 amide bonds. The molecule has 220 valence electrons. The van der Waals surface area contributed by atoms with Crippen LogP contribution in [-0.2, 0) is 37.0 Å². The molecule has 0 bridgehead atoms. The molecule has 2 aromatic carbocycles. The van der Waals surface area contributed by atoms with Gasteiger partial charge >= 0.3 is 5.97 Å². The molecule has 0 aliphatic heterocycles. The van der Waals surface area contributed by atoms with Crippen molar-refractivity contribution >= 4 is 57.0 Å². The molecule has 1 saturated carbocycles. The predicted octanol–water partition coefficient (Wildman–Crippen LogP) is 5.64. The number of carbonyl (C=O) groups is 3. The summed E-state index contributed by atoms with van der Waals surface area (Å²) in [5.74, 6) is -1.31. The van der Waals surface area contributed by atoms with Crippen LogP contribution in [0.1, 0.15) is 54.1 Å². The third kappa shape index (κ3) is 7.27. The minimum absolute atomic E-state index is 0.0437. The lowest BCUT2D eigenvalue weighted by Gasteiger charge is -2.30. The number of hydrogen-bond donors (Lipinski definition) is 1. The van der Waals surface area contributed by atoms with E-state index >= 15 is 4.39 Å². The highest BCUT2D eigenvalue weighted by molar-refractivity contribution is 14.1. The molecule has 3 aromatic rings. The van der Waals surface area contributed by atoms with Crippen molar-refractivity contribution in [2.75, 3.05) is 26.1 Å². The van der Waals surface area contributed by atoms with Crippen molar-refractivity contribution in [2.24, 2.45) is 13.0 Å². The molecular weight excluding hydrogens is 640 g/mol. The zero-order chi connectivity index (χ0) is 29.7. The number of halogens is 2. The van der Waals surface area contributed by atoms with E-state index in [0.29, 0.717) is 22.3 Å². The Balaban J connectivity index is 1.36. The van der Waals surface area contributed by atoms with Crippen molar-refractivity contribution < 1.29 is 28.2 Å². The molecule has 1 fully saturated rings. The number of benzene rings is 2. The highest BCUT2D eigenvalue weighted by Crippen LogP contribution is 2.28. The number of rotatable bonds is 10. The average molecular weight is 678 g/mol. The molecular formula is C31H37FIN3O5. The van der Waals surface area contributed by atoms with Crippen molar-refractivity contribution in [3.8, 4) is 0 Å². The molecule has 1 aliphatic rings. The van der Waals surface area contributed by atoms with E-state index < -0.39 is 5.82 Å². The van der Waals surface area contributed by atoms with E-state index in [2.05, 4.69) is 27.9 Å². The molecule has 41 heavy (non-hydrogen) atoms. The molecule has 1 atom stereocenters. The first-order valence-corrected chi connectivity index (χ1v) is 15.3. The standard InChI is InChI=1S/C31H37FIN3O5/c1-19(18-41-23-11-9-20(10-12-23)31(39)40-4)36(3)29(37)14-21-13-22(16-33)27(15-26(21)32)34-30(38)25-17-35(2)28-8-6-5-7-24(25)28/h5-8,13,15,17,19-20,23H,9-12,14,16,18H2,1-4H3,(H,34,38)/t19-,20?,23?/m0/s1. The van der Waals surface area contributed by atoms with Gasteiger partial charge in [-0.3, -0.25) is 14.4 Å². The largest absolute Gasteiger partial charge is 0.469 e. The first-order valence-electron chi connectivity index (χ1n) is 13.8. The zero-order valence-electron chi connectivity index (χ0n) is 23.9. The fourth-order valence-electron chi connectivity index (χ4n) is 5.30. The smallest absolute Gasteiger partial charge is 0.308 e. The fourth-order valence-corrected chi connectivity index (χ4v) is 5.93. The van der Waals surface area contributed by atoms with Crippen LogP contribution < -0.4 is 5.32 Å². The van der Waals surface area contributed by atoms with Gasteiger partial charge in [-0.1, -0.05) is 40.8 Å². The van der Waals surface area contributed by atoms with Gasteiger partial charge in [0.15, 0.2) is 0 Å². The van der Waals surface area contributed by atoms with Gasteiger partial charge in [0.05, 0.1) is 43.8 Å². The van der Waals surface area contributed by atoms with E-state index in [-0.39, 0.29) is 47.8 Å². The van der Waals surface area contributed by atoms with Crippen LogP contribution in [-0.4, -0.2) is 60.2 Å². The lowest BCUT2D eigenvalue weighted by molar-refractivity contribution is -0.148. The van der Waals surface area contributed by atoms with Crippen LogP contribution in [0.3, 0.4) is 0 Å². The van der Waals surface area contributed by atoms with E-state index in [0.717, 1.165) is 42.1 Å². The fraction of sp³-hybridized carbons (Fsp3) is 0.452. The number of nitrogens with one attached hydrogen (secondary N) is 1. The summed E-state index contributed by atoms with van der Waals surface area (Å²) in [6.07, 6.45) is 4.73. The monoisotopic (exact) mass is 677 g/mol. The maximum absolute atomic E-state index is 15.2. The number of esters is 1. The molecule has 4 rings (SSSR count). The number of hydrogen-bond acceptors (Lipinski definition) is 5. The highest BCUT2D eigenvalue weighted by atomic mass is 127. The summed E-state index contributed by atoms with van der Waals surface area (Å²) in [6.45, 7) is 2.26. The molecule has 1 aromatic heterocycles. The number of nitrogens with zero attached hydrogens (tertiary/aromatic N) is 2. The Labute approximate surface area is 253 Å². The molecule has 1 heterocycles. The van der Waals surface area contributed by atoms with E-state index in [1.807, 2.05) is 42.8 Å². The Bertz CT molecular complexity index is 1420. The van der Waals surface area contributed by atoms with Gasteiger partial charge in [-0.15, -0.1) is 0 Å². The summed E-state index contributed by atoms with van der Waals surface area (Å²) in [7, 11) is 4.98. The van der Waals surface area contributed by atoms with Crippen LogP contribution in [0.4, 0.5) is 10.1 Å². The number of ether oxygens (including phenoxy) is 2. The van der Waals surface area contributed by atoms with Crippen molar-refractivity contribution in [3.63, 3.8) is 0 Å². The first-order chi connectivity index (χ1) is 19.6. The minimum atomic E-state index is -0.542. The Kier molecular flexibility index (Phi) is 10.4. The minimum Gasteiger partial charge on any atom is -0.469 e. The molecule has 1 aliphatic carbocycles. The van der Waals surface area contributed by atoms with Crippen LogP contribution in [0.25, 0.3) is 10.9 Å². The lowest BCUT2D eigenvalue weighted by atomic mass is 9.87. The van der Waals surface area contributed by atoms with Gasteiger partial charge in [0.1, 0.15) is 5.82 Å². The second kappa shape index (κ2) is 13.8. The second-order valence-electron chi connectivity index (χ2n) is 10.7. The van der Waals surface area contributed by atoms with Crippen LogP contribution in [0.2, 0.25) is 0 Å². The van der Waals surface area contributed by atoms with E-state index in [1.165, 1.54) is 13.2 Å². The molecule has 8 nitrogen and oxygen atoms in total. The number of aromatic nitrogens is 1. The van der Waals surface area contributed by atoms with Crippen molar-refractivity contribution in [1.29, 1.82) is 0 Å². The maximum atomic E-state index is 15.2. The van der Waals surface area contributed by atoms with Crippen LogP contribution in [0, 0.1) is 11.7 Å². The third-order valence-electron chi connectivity index (χ3n) is 7.98. The number of methoxy groups -OCH3 is 1. The molecule has 0 unspecified atom stereocenters. The van der Waals surface area contributed by atoms with E-state index in [4.69, 9.17) is 9.47 Å². The summed E-state index contributed by atoms with van der Waals surface area (Å²) < 4.78 is 28.5. The molecule has 10 heteroatoms. The van der Waals surface area contributed by atoms with E-state index in [9.17, 15) is 14.4 Å². The Hall–Kier alpha value is -2.99. The van der Waals surface area contributed by atoms with Crippen molar-refractivity contribution in [3.05, 3.63) is 65.1 Å². The van der Waals surface area contributed by atoms with Gasteiger partial charge < -0.3 is 24.3 Å². The van der Waals surface area contributed by atoms with Crippen molar-refractivity contribution in [1.82, 2.24) is 9.47 Å². The SMILES string of the molecule is COC(=O)C1CCC(OC[C@H](C)N(C)C(=O)Cc2cc(CI)c(NC(=O)c3cn(C)c4ccccc34)cc2F)CC1. The summed E-state index contributed by atoms with van der Waals surface area (Å²) in [5.41, 5.74) is 2.86. The van der Waals surface area contributed by atoms with Gasteiger partial charge in [0, 0.05) is 41.3 Å². The summed E-state index contributed by atoms with van der Waals surface area (Å²) >= 11 is 2.17. The van der Waals surface area contributed by atoms with Crippen molar-refractivity contribution in [2.45, 2.75) is 55.6 Å². The average Bonchev–Trinajstić information content (AvgIpc) is 3.33. The third-order valence-corrected chi connectivity index (χ3v) is 8.81. The van der Waals surface area contributed by atoms with Crippen LogP contribution in [0.15, 0.2) is 42.6 Å². The quantitative estimate of drug-likeness (QED) is 0.171. The van der Waals surface area contributed by atoms with Gasteiger partial charge in [0.25, 0.3) is 5.91 Å². The summed E-state index contributed by atoms with van der Waals surface area (Å²) in [6, 6.07) is 10.4. The Morgan fingerprint density at radius 2 is 1.85 bits per heavy atom. The molecule has 1 N–H and O–H groups in total. The zero-order valence-corrected chi connectivity index (χ0v) is 26.1. The maximum Gasteiger partial charge on any atom is 0.308 e. The predicted molar refractivity (Wildman–Crippen MR) is 165 cm³/mol. The first kappa shape index (κ1) is 31.0. The normalized spacial score (nSPS) is 17.7. The second-order valence-corrected chi connectivity index (χ2v) is 11.5. The lowest BCUT2D eigenvalue weighted by Crippen LogP contribution is -2.40. The number of likely N-dealkylation sites (N-methyl/N-ethyl adjacent to an activating group) is 1. The van der Waals surface area contributed by atoms with Crippen LogP contribution in [0.5, 0.6) is 0 Å². The van der Waals surface area contributed by atoms with E-state index in [1.54, 1.807) is 24.2 Å². The number of para-hydroxylation sites is 1. The number of anilines is 1. The molecule has 0 radical (unpaired) electrons. The summed E-state index contributed by atoms with van der Waals surface area (Å²) in [5, 5.41) is 3.69. The number of alkyl halides is 1. The highest BCUT2D eigenvalue weighted by Gasteiger charge is 2.28. The van der Waals surface area contributed by atoms with Gasteiger partial charge in [0.2, 0.25) is 5.91 Å². The molecule has 0 saturated heterocycles. The van der Waals surface area contributed by atoms with Crippen LogP contribution >= 0.6 is 22.6 Å². The molecule has 0 spiro atoms. The number of amides is 2. The number of fused-ring (bicyclic) bond motifs is 1. The van der Waals surface area contributed by atoms with Gasteiger partial charge in [-0.05, 0) is 61.9 Å². The number of aryl methyl sites for hydroxylation is 1. The van der Waals surface area contributed by atoms with Gasteiger partial charge in [-0.25, -0.2) is 4.39 Å². The topological polar surface area (TPSA) is 89.9 Å². The Morgan fingerprint density at radius 3 is 2.54 bits per heavy atom. The summed E-state index contributed by atoms with van der Waals surface area (Å²) in [4.78, 5) is 39.5.